The van der Waals surface area contributed by atoms with Gasteiger partial charge in [0.1, 0.15) is 0 Å². The van der Waals surface area contributed by atoms with E-state index in [-0.39, 0.29) is 35.5 Å². The largest absolute Gasteiger partial charge is 1.00 e. The summed E-state index contributed by atoms with van der Waals surface area (Å²) in [5, 5.41) is 0.389. The normalized spacial score (nSPS) is 4.50. The third-order valence-electron chi connectivity index (χ3n) is 0. The van der Waals surface area contributed by atoms with Gasteiger partial charge in [0.2, 0.25) is 0 Å². The zero-order valence-electron chi connectivity index (χ0n) is 3.68. The summed E-state index contributed by atoms with van der Waals surface area (Å²) in [4.78, 5) is 0. The summed E-state index contributed by atoms with van der Waals surface area (Å²) < 4.78 is 0. The van der Waals surface area contributed by atoms with Gasteiger partial charge in [-0.25, -0.2) is 0 Å². The minimum atomic E-state index is 0. The molecule has 56 valence electrons. The monoisotopic (exact) mass is 238 g/mol. The average Bonchev–Trinajstić information content (AvgIpc) is 1.39. The van der Waals surface area contributed by atoms with Gasteiger partial charge < -0.3 is 24.8 Å². The van der Waals surface area contributed by atoms with E-state index in [0.717, 1.165) is 0 Å². The highest BCUT2D eigenvalue weighted by Gasteiger charge is 1.42. The quantitative estimate of drug-likeness (QED) is 0.393. The Morgan fingerprint density at radius 3 is 0.625 bits per heavy atom. The Kier molecular flexibility index (Phi) is 106. The van der Waals surface area contributed by atoms with Crippen LogP contribution in [0.5, 0.6) is 0 Å². The summed E-state index contributed by atoms with van der Waals surface area (Å²) in [6.45, 7) is 0. The second-order valence-corrected chi connectivity index (χ2v) is 1.82. The molecule has 0 fully saturated rings. The molecule has 0 saturated carbocycles. The Morgan fingerprint density at radius 1 is 0.625 bits per heavy atom. The van der Waals surface area contributed by atoms with Gasteiger partial charge in [-0.1, -0.05) is 0 Å². The van der Waals surface area contributed by atoms with Crippen molar-refractivity contribution in [3.05, 3.63) is 0 Å². The number of alkyl halides is 4. The summed E-state index contributed by atoms with van der Waals surface area (Å²) in [6.07, 6.45) is 0. The molecule has 0 bridgehead atoms. The second-order valence-electron chi connectivity index (χ2n) is 0.202. The molecule has 0 aliphatic heterocycles. The Bertz CT molecular complexity index is 8.49. The van der Waals surface area contributed by atoms with Crippen molar-refractivity contribution in [2.45, 2.75) is 0 Å². The van der Waals surface area contributed by atoms with Gasteiger partial charge in [0.15, 0.2) is 0 Å². The van der Waals surface area contributed by atoms with Gasteiger partial charge in [0.05, 0.1) is 10.7 Å². The van der Waals surface area contributed by atoms with Crippen LogP contribution in [0.25, 0.3) is 0 Å². The van der Waals surface area contributed by atoms with Gasteiger partial charge in [-0.05, 0) is 0 Å². The van der Waals surface area contributed by atoms with Crippen molar-refractivity contribution >= 4 is 46.4 Å². The Labute approximate surface area is 81.6 Å². The first kappa shape index (κ1) is 22.6. The third kappa shape index (κ3) is 116. The van der Waals surface area contributed by atoms with Crippen LogP contribution < -0.4 is 24.8 Å². The number of halogens is 6. The van der Waals surface area contributed by atoms with Gasteiger partial charge in [0, 0.05) is 0 Å². The average molecular weight is 241 g/mol. The molecule has 0 atom stereocenters. The fourth-order valence-corrected chi connectivity index (χ4v) is 0. The van der Waals surface area contributed by atoms with Gasteiger partial charge in [-0.2, -0.15) is 0 Å². The van der Waals surface area contributed by atoms with E-state index in [0.29, 0.717) is 0 Å². The fourth-order valence-electron chi connectivity index (χ4n) is 0. The molecule has 0 saturated heterocycles. The number of hydrogen-bond donors (Lipinski definition) is 0. The molecule has 0 spiro atoms. The van der Waals surface area contributed by atoms with Crippen molar-refractivity contribution in [1.29, 1.82) is 0 Å². The third-order valence-corrected chi connectivity index (χ3v) is 0. The molecule has 0 radical (unpaired) electrons. The van der Waals surface area contributed by atoms with Crippen LogP contribution in [-0.2, 0) is 0 Å². The van der Waals surface area contributed by atoms with Crippen molar-refractivity contribution in [2.24, 2.45) is 0 Å². The molecule has 0 aliphatic rings. The van der Waals surface area contributed by atoms with E-state index in [1.807, 2.05) is 0 Å². The van der Waals surface area contributed by atoms with Crippen molar-refractivity contribution in [2.75, 3.05) is 10.7 Å². The van der Waals surface area contributed by atoms with Crippen LogP contribution in [0, 0.1) is 0 Å². The van der Waals surface area contributed by atoms with Crippen molar-refractivity contribution in [3.8, 4) is 0 Å². The van der Waals surface area contributed by atoms with Gasteiger partial charge in [-0.3, -0.25) is 0 Å². The van der Waals surface area contributed by atoms with E-state index in [4.69, 9.17) is 46.4 Å². The van der Waals surface area contributed by atoms with Crippen LogP contribution in [0.4, 0.5) is 0 Å². The summed E-state index contributed by atoms with van der Waals surface area (Å²) in [5.41, 5.74) is 0. The number of rotatable bonds is 0. The summed E-state index contributed by atoms with van der Waals surface area (Å²) >= 11 is 19.1. The molecule has 8 heavy (non-hydrogen) atoms. The maximum atomic E-state index is 4.76. The predicted molar refractivity (Wildman–Crippen MR) is 33.1 cm³/mol. The smallest absolute Gasteiger partial charge is 0.0967 e. The second kappa shape index (κ2) is 37.4. The van der Waals surface area contributed by atoms with Gasteiger partial charge in [0.25, 0.3) is 0 Å². The molecule has 0 aromatic rings. The van der Waals surface area contributed by atoms with E-state index >= 15 is 0 Å². The van der Waals surface area contributed by atoms with E-state index in [2.05, 4.69) is 0 Å². The molecular formula is C2H4Cl6-2. The fraction of sp³-hybridized carbons (Fsp3) is 1.00. The zero-order valence-corrected chi connectivity index (χ0v) is 8.22. The van der Waals surface area contributed by atoms with E-state index in [1.165, 1.54) is 0 Å². The van der Waals surface area contributed by atoms with Gasteiger partial charge >= 0.3 is 0 Å². The molecule has 0 aromatic carbocycles. The molecule has 0 unspecified atom stereocenters. The highest BCUT2D eigenvalue weighted by atomic mass is 35.5. The van der Waals surface area contributed by atoms with E-state index in [9.17, 15) is 0 Å². The molecule has 0 aromatic heterocycles. The lowest BCUT2D eigenvalue weighted by Gasteiger charge is -1.42. The molecule has 0 heterocycles. The standard InChI is InChI=1S/2CH2Cl2.2ClH/c2*2-1-3;;/h2*1H2;2*1H/p-2. The number of hydrogen-bond acceptors (Lipinski definition) is 0. The molecule has 0 nitrogen and oxygen atoms in total. The van der Waals surface area contributed by atoms with Crippen LogP contribution in [0.2, 0.25) is 0 Å². The maximum Gasteiger partial charge on any atom is 0.0967 e. The Morgan fingerprint density at radius 2 is 0.625 bits per heavy atom. The minimum absolute atomic E-state index is 0. The first-order valence-electron chi connectivity index (χ1n) is 1.07. The summed E-state index contributed by atoms with van der Waals surface area (Å²) in [7, 11) is 0. The topological polar surface area (TPSA) is 0 Å². The Hall–Kier alpha value is 1.74. The molecule has 0 N–H and O–H groups in total. The van der Waals surface area contributed by atoms with E-state index < -0.39 is 0 Å². The SMILES string of the molecule is ClCCl.ClCCl.[Cl-].[Cl-]. The highest BCUT2D eigenvalue weighted by molar-refractivity contribution is 6.40. The lowest BCUT2D eigenvalue weighted by atomic mass is 11.9. The highest BCUT2D eigenvalue weighted by Crippen LogP contribution is 1.73. The Balaban J connectivity index is -0.0000000160. The molecule has 0 aliphatic carbocycles. The summed E-state index contributed by atoms with van der Waals surface area (Å²) in [6, 6.07) is 0. The summed E-state index contributed by atoms with van der Waals surface area (Å²) in [5.74, 6) is 0. The van der Waals surface area contributed by atoms with Crippen molar-refractivity contribution in [3.63, 3.8) is 0 Å². The molecule has 0 amide bonds. The van der Waals surface area contributed by atoms with Crippen LogP contribution in [0.15, 0.2) is 0 Å². The molecule has 0 rings (SSSR count). The predicted octanol–water partition coefficient (Wildman–Crippen LogP) is -3.15. The van der Waals surface area contributed by atoms with Crippen LogP contribution >= 0.6 is 46.4 Å². The zero-order chi connectivity index (χ0) is 5.41. The van der Waals surface area contributed by atoms with E-state index in [1.54, 1.807) is 0 Å². The van der Waals surface area contributed by atoms with Crippen LogP contribution in [-0.4, -0.2) is 10.7 Å². The first-order valence-corrected chi connectivity index (χ1v) is 3.21. The first-order chi connectivity index (χ1) is 2.83. The van der Waals surface area contributed by atoms with Crippen LogP contribution in [0.1, 0.15) is 0 Å². The molecular weight excluding hydrogens is 237 g/mol. The van der Waals surface area contributed by atoms with Crippen LogP contribution in [0.3, 0.4) is 0 Å². The maximum absolute atomic E-state index is 4.76. The lowest BCUT2D eigenvalue weighted by Crippen LogP contribution is -3.00. The lowest BCUT2D eigenvalue weighted by molar-refractivity contribution is -0.001000. The van der Waals surface area contributed by atoms with Crippen molar-refractivity contribution in [1.82, 2.24) is 0 Å². The minimum Gasteiger partial charge on any atom is -1.00 e. The molecule has 6 heteroatoms. The van der Waals surface area contributed by atoms with Gasteiger partial charge in [-0.15, -0.1) is 46.4 Å². The van der Waals surface area contributed by atoms with Crippen molar-refractivity contribution < 1.29 is 24.8 Å².